The third-order valence-electron chi connectivity index (χ3n) is 4.85. The smallest absolute Gasteiger partial charge is 0.228 e. The van der Waals surface area contributed by atoms with Gasteiger partial charge in [0.15, 0.2) is 0 Å². The minimum absolute atomic E-state index is 0.0701. The average Bonchev–Trinajstić information content (AvgIpc) is 3.43. The summed E-state index contributed by atoms with van der Waals surface area (Å²) in [7, 11) is 1.56. The van der Waals surface area contributed by atoms with Crippen molar-refractivity contribution in [3.8, 4) is 5.75 Å². The topological polar surface area (TPSA) is 67.4 Å². The highest BCUT2D eigenvalue weighted by Crippen LogP contribution is 2.41. The standard InChI is InChI=1S/C22H26N2O3/c1-22(2,3)14-9-11-15(12-10-14)23-20(25)16-13-17(16)21(26)24-18-7-5-6-8-19(18)27-4/h5-12,16-17H,13H2,1-4H3,(H,23,25)(H,24,26). The van der Waals surface area contributed by atoms with E-state index in [0.717, 1.165) is 5.69 Å². The van der Waals surface area contributed by atoms with Crippen LogP contribution in [-0.4, -0.2) is 18.9 Å². The minimum atomic E-state index is -0.302. The molecule has 0 aromatic heterocycles. The number of methoxy groups -OCH3 is 1. The Kier molecular flexibility index (Phi) is 5.22. The van der Waals surface area contributed by atoms with Crippen molar-refractivity contribution in [2.24, 2.45) is 11.8 Å². The molecule has 2 N–H and O–H groups in total. The van der Waals surface area contributed by atoms with Crippen LogP contribution < -0.4 is 15.4 Å². The number of amides is 2. The number of carbonyl (C=O) groups excluding carboxylic acids is 2. The molecule has 2 amide bonds. The molecule has 3 rings (SSSR count). The third-order valence-corrected chi connectivity index (χ3v) is 4.85. The SMILES string of the molecule is COc1ccccc1NC(=O)C1CC1C(=O)Nc1ccc(C(C)(C)C)cc1. The van der Waals surface area contributed by atoms with E-state index < -0.39 is 0 Å². The quantitative estimate of drug-likeness (QED) is 0.833. The summed E-state index contributed by atoms with van der Waals surface area (Å²) in [5.41, 5.74) is 2.65. The Labute approximate surface area is 160 Å². The summed E-state index contributed by atoms with van der Waals surface area (Å²) >= 11 is 0. The molecule has 0 bridgehead atoms. The molecule has 1 aliphatic rings. The first kappa shape index (κ1) is 19.0. The van der Waals surface area contributed by atoms with Gasteiger partial charge < -0.3 is 15.4 Å². The normalized spacial score (nSPS) is 18.5. The Balaban J connectivity index is 1.56. The molecule has 2 aromatic carbocycles. The summed E-state index contributed by atoms with van der Waals surface area (Å²) < 4.78 is 5.24. The maximum absolute atomic E-state index is 12.4. The molecule has 1 saturated carbocycles. The first-order chi connectivity index (χ1) is 12.8. The molecule has 2 unspecified atom stereocenters. The van der Waals surface area contributed by atoms with Crippen LogP contribution in [0.3, 0.4) is 0 Å². The second-order valence-corrected chi connectivity index (χ2v) is 7.95. The maximum atomic E-state index is 12.4. The zero-order valence-corrected chi connectivity index (χ0v) is 16.2. The van der Waals surface area contributed by atoms with Crippen LogP contribution in [0.2, 0.25) is 0 Å². The van der Waals surface area contributed by atoms with Crippen LogP contribution in [0.4, 0.5) is 11.4 Å². The average molecular weight is 366 g/mol. The molecule has 2 aromatic rings. The number of anilines is 2. The summed E-state index contributed by atoms with van der Waals surface area (Å²) in [6.45, 7) is 6.45. The second kappa shape index (κ2) is 7.43. The molecular weight excluding hydrogens is 340 g/mol. The van der Waals surface area contributed by atoms with E-state index >= 15 is 0 Å². The van der Waals surface area contributed by atoms with Crippen LogP contribution in [0.5, 0.6) is 5.75 Å². The number of rotatable bonds is 5. The van der Waals surface area contributed by atoms with Crippen molar-refractivity contribution in [3.63, 3.8) is 0 Å². The first-order valence-electron chi connectivity index (χ1n) is 9.15. The van der Waals surface area contributed by atoms with E-state index in [2.05, 4.69) is 31.4 Å². The van der Waals surface area contributed by atoms with Crippen LogP contribution in [0.1, 0.15) is 32.8 Å². The highest BCUT2D eigenvalue weighted by molar-refractivity contribution is 6.03. The summed E-state index contributed by atoms with van der Waals surface area (Å²) in [6.07, 6.45) is 0.562. The van der Waals surface area contributed by atoms with Gasteiger partial charge in [-0.3, -0.25) is 9.59 Å². The Bertz CT molecular complexity index is 837. The molecular formula is C22H26N2O3. The molecule has 0 heterocycles. The van der Waals surface area contributed by atoms with Crippen molar-refractivity contribution in [3.05, 3.63) is 54.1 Å². The largest absolute Gasteiger partial charge is 0.495 e. The Morgan fingerprint density at radius 3 is 2.11 bits per heavy atom. The van der Waals surface area contributed by atoms with E-state index in [0.29, 0.717) is 17.9 Å². The van der Waals surface area contributed by atoms with E-state index in [-0.39, 0.29) is 29.1 Å². The molecule has 5 nitrogen and oxygen atoms in total. The number of nitrogens with one attached hydrogen (secondary N) is 2. The molecule has 1 fully saturated rings. The van der Waals surface area contributed by atoms with Crippen LogP contribution in [-0.2, 0) is 15.0 Å². The first-order valence-corrected chi connectivity index (χ1v) is 9.15. The van der Waals surface area contributed by atoms with Crippen LogP contribution in [0.15, 0.2) is 48.5 Å². The van der Waals surface area contributed by atoms with Crippen LogP contribution in [0, 0.1) is 11.8 Å². The number of hydrogen-bond acceptors (Lipinski definition) is 3. The predicted molar refractivity (Wildman–Crippen MR) is 107 cm³/mol. The fourth-order valence-corrected chi connectivity index (χ4v) is 3.04. The molecule has 1 aliphatic carbocycles. The third kappa shape index (κ3) is 4.48. The summed E-state index contributed by atoms with van der Waals surface area (Å²) in [4.78, 5) is 24.8. The van der Waals surface area contributed by atoms with Gasteiger partial charge in [0.25, 0.3) is 0 Å². The minimum Gasteiger partial charge on any atom is -0.495 e. The summed E-state index contributed by atoms with van der Waals surface area (Å²) in [5, 5.41) is 5.76. The zero-order chi connectivity index (χ0) is 19.6. The predicted octanol–water partition coefficient (Wildman–Crippen LogP) is 4.21. The van der Waals surface area contributed by atoms with E-state index in [1.807, 2.05) is 36.4 Å². The number of benzene rings is 2. The Morgan fingerprint density at radius 2 is 1.52 bits per heavy atom. The number of ether oxygens (including phenoxy) is 1. The van der Waals surface area contributed by atoms with Gasteiger partial charge in [-0.25, -0.2) is 0 Å². The highest BCUT2D eigenvalue weighted by atomic mass is 16.5. The lowest BCUT2D eigenvalue weighted by molar-refractivity contribution is -0.122. The van der Waals surface area contributed by atoms with Gasteiger partial charge in [0, 0.05) is 5.69 Å². The molecule has 0 saturated heterocycles. The van der Waals surface area contributed by atoms with Crippen molar-refractivity contribution in [2.45, 2.75) is 32.6 Å². The summed E-state index contributed by atoms with van der Waals surface area (Å²) in [6, 6.07) is 15.1. The number of carbonyl (C=O) groups is 2. The lowest BCUT2D eigenvalue weighted by Crippen LogP contribution is -2.21. The Morgan fingerprint density at radius 1 is 0.926 bits per heavy atom. The second-order valence-electron chi connectivity index (χ2n) is 7.95. The van der Waals surface area contributed by atoms with Crippen molar-refractivity contribution < 1.29 is 14.3 Å². The lowest BCUT2D eigenvalue weighted by atomic mass is 9.87. The van der Waals surface area contributed by atoms with E-state index in [1.54, 1.807) is 19.2 Å². The van der Waals surface area contributed by atoms with Gasteiger partial charge in [-0.2, -0.15) is 0 Å². The van der Waals surface area contributed by atoms with E-state index in [9.17, 15) is 9.59 Å². The molecule has 0 radical (unpaired) electrons. The van der Waals surface area contributed by atoms with Gasteiger partial charge in [0.1, 0.15) is 5.75 Å². The van der Waals surface area contributed by atoms with Gasteiger partial charge in [-0.1, -0.05) is 45.0 Å². The van der Waals surface area contributed by atoms with Crippen LogP contribution in [0.25, 0.3) is 0 Å². The van der Waals surface area contributed by atoms with Gasteiger partial charge in [0.05, 0.1) is 24.6 Å². The molecule has 5 heteroatoms. The number of hydrogen-bond donors (Lipinski definition) is 2. The van der Waals surface area contributed by atoms with E-state index in [4.69, 9.17) is 4.74 Å². The van der Waals surface area contributed by atoms with Gasteiger partial charge in [0.2, 0.25) is 11.8 Å². The van der Waals surface area contributed by atoms with Crippen LogP contribution >= 0.6 is 0 Å². The van der Waals surface area contributed by atoms with Crippen molar-refractivity contribution in [2.75, 3.05) is 17.7 Å². The maximum Gasteiger partial charge on any atom is 0.228 e. The fraction of sp³-hybridized carbons (Fsp3) is 0.364. The van der Waals surface area contributed by atoms with Crippen molar-refractivity contribution in [1.29, 1.82) is 0 Å². The molecule has 0 aliphatic heterocycles. The molecule has 142 valence electrons. The monoisotopic (exact) mass is 366 g/mol. The van der Waals surface area contributed by atoms with Gasteiger partial charge in [-0.05, 0) is 41.7 Å². The summed E-state index contributed by atoms with van der Waals surface area (Å²) in [5.74, 6) is -0.251. The molecule has 27 heavy (non-hydrogen) atoms. The Hall–Kier alpha value is -2.82. The molecule has 0 spiro atoms. The van der Waals surface area contributed by atoms with Gasteiger partial charge in [-0.15, -0.1) is 0 Å². The van der Waals surface area contributed by atoms with Gasteiger partial charge >= 0.3 is 0 Å². The van der Waals surface area contributed by atoms with Crippen molar-refractivity contribution >= 4 is 23.2 Å². The highest BCUT2D eigenvalue weighted by Gasteiger charge is 2.48. The van der Waals surface area contributed by atoms with Crippen molar-refractivity contribution in [1.82, 2.24) is 0 Å². The zero-order valence-electron chi connectivity index (χ0n) is 16.2. The fourth-order valence-electron chi connectivity index (χ4n) is 3.04. The lowest BCUT2D eigenvalue weighted by Gasteiger charge is -2.19. The molecule has 2 atom stereocenters. The van der Waals surface area contributed by atoms with E-state index in [1.165, 1.54) is 5.56 Å². The number of para-hydroxylation sites is 2.